The van der Waals surface area contributed by atoms with E-state index in [1.807, 2.05) is 18.2 Å². The Balaban J connectivity index is 1.54. The fourth-order valence-corrected chi connectivity index (χ4v) is 2.47. The quantitative estimate of drug-likeness (QED) is 0.846. The minimum atomic E-state index is -0.602. The third-order valence-corrected chi connectivity index (χ3v) is 4.04. The molecule has 0 spiro atoms. The fourth-order valence-electron chi connectivity index (χ4n) is 2.47. The highest BCUT2D eigenvalue weighted by Gasteiger charge is 2.42. The van der Waals surface area contributed by atoms with Gasteiger partial charge in [-0.2, -0.15) is 0 Å². The van der Waals surface area contributed by atoms with Gasteiger partial charge in [0.05, 0.1) is 0 Å². The van der Waals surface area contributed by atoms with Gasteiger partial charge in [0.15, 0.2) is 11.5 Å². The van der Waals surface area contributed by atoms with E-state index < -0.39 is 6.10 Å². The number of para-hydroxylation sites is 2. The first-order valence-electron chi connectivity index (χ1n) is 7.00. The zero-order valence-corrected chi connectivity index (χ0v) is 11.3. The molecule has 5 heteroatoms. The van der Waals surface area contributed by atoms with Crippen LogP contribution in [0.2, 0.25) is 0 Å². The molecule has 3 rings (SSSR count). The highest BCUT2D eigenvalue weighted by Crippen LogP contribution is 2.47. The number of benzene rings is 1. The van der Waals surface area contributed by atoms with E-state index >= 15 is 0 Å². The molecule has 0 saturated heterocycles. The van der Waals surface area contributed by atoms with Gasteiger partial charge in [-0.15, -0.1) is 0 Å². The Hall–Kier alpha value is -1.75. The number of carbonyl (C=O) groups excluding carboxylic acids is 1. The number of nitrogens with one attached hydrogen (secondary N) is 1. The SMILES string of the molecule is O=C(NCC1(CCO)CC1)C1COc2ccccc2O1. The highest BCUT2D eigenvalue weighted by molar-refractivity contribution is 5.81. The van der Waals surface area contributed by atoms with E-state index in [1.54, 1.807) is 6.07 Å². The molecule has 5 nitrogen and oxygen atoms in total. The van der Waals surface area contributed by atoms with Gasteiger partial charge in [-0.1, -0.05) is 12.1 Å². The van der Waals surface area contributed by atoms with Crippen molar-refractivity contribution in [3.63, 3.8) is 0 Å². The summed E-state index contributed by atoms with van der Waals surface area (Å²) in [5.74, 6) is 1.13. The third kappa shape index (κ3) is 2.72. The van der Waals surface area contributed by atoms with Crippen molar-refractivity contribution < 1.29 is 19.4 Å². The van der Waals surface area contributed by atoms with E-state index in [-0.39, 0.29) is 24.5 Å². The summed E-state index contributed by atoms with van der Waals surface area (Å²) in [5, 5.41) is 11.9. The highest BCUT2D eigenvalue weighted by atomic mass is 16.6. The Morgan fingerprint density at radius 1 is 1.35 bits per heavy atom. The summed E-state index contributed by atoms with van der Waals surface area (Å²) < 4.78 is 11.2. The first kappa shape index (κ1) is 13.2. The van der Waals surface area contributed by atoms with Crippen molar-refractivity contribution in [2.45, 2.75) is 25.4 Å². The second kappa shape index (κ2) is 5.32. The zero-order valence-electron chi connectivity index (χ0n) is 11.3. The van der Waals surface area contributed by atoms with Crippen molar-refractivity contribution in [3.05, 3.63) is 24.3 Å². The lowest BCUT2D eigenvalue weighted by Gasteiger charge is -2.26. The average Bonchev–Trinajstić information content (AvgIpc) is 3.25. The normalized spacial score (nSPS) is 22.1. The lowest BCUT2D eigenvalue weighted by molar-refractivity contribution is -0.130. The predicted octanol–water partition coefficient (Wildman–Crippen LogP) is 1.11. The molecule has 1 amide bonds. The topological polar surface area (TPSA) is 67.8 Å². The average molecular weight is 277 g/mol. The van der Waals surface area contributed by atoms with Crippen LogP contribution < -0.4 is 14.8 Å². The fraction of sp³-hybridized carbons (Fsp3) is 0.533. The Morgan fingerprint density at radius 3 is 2.80 bits per heavy atom. The van der Waals surface area contributed by atoms with Crippen molar-refractivity contribution in [2.75, 3.05) is 19.8 Å². The third-order valence-electron chi connectivity index (χ3n) is 4.04. The van der Waals surface area contributed by atoms with Gasteiger partial charge in [0.25, 0.3) is 5.91 Å². The van der Waals surface area contributed by atoms with E-state index in [0.29, 0.717) is 18.0 Å². The molecule has 2 aliphatic rings. The predicted molar refractivity (Wildman–Crippen MR) is 72.7 cm³/mol. The van der Waals surface area contributed by atoms with Crippen LogP contribution in [-0.2, 0) is 4.79 Å². The summed E-state index contributed by atoms with van der Waals surface area (Å²) in [6, 6.07) is 7.34. The van der Waals surface area contributed by atoms with Gasteiger partial charge in [-0.05, 0) is 36.8 Å². The molecule has 1 aromatic carbocycles. The molecule has 2 N–H and O–H groups in total. The van der Waals surface area contributed by atoms with Crippen molar-refractivity contribution in [1.82, 2.24) is 5.32 Å². The number of rotatable bonds is 5. The number of ether oxygens (including phenoxy) is 2. The van der Waals surface area contributed by atoms with Gasteiger partial charge in [-0.25, -0.2) is 0 Å². The Bertz CT molecular complexity index is 498. The first-order valence-corrected chi connectivity index (χ1v) is 7.00. The second-order valence-electron chi connectivity index (χ2n) is 5.56. The standard InChI is InChI=1S/C15H19NO4/c17-8-7-15(5-6-15)10-16-14(18)13-9-19-11-3-1-2-4-12(11)20-13/h1-4,13,17H,5-10H2,(H,16,18). The van der Waals surface area contributed by atoms with Crippen LogP contribution in [0, 0.1) is 5.41 Å². The van der Waals surface area contributed by atoms with Gasteiger partial charge in [-0.3, -0.25) is 4.79 Å². The van der Waals surface area contributed by atoms with Crippen molar-refractivity contribution in [3.8, 4) is 11.5 Å². The number of carbonyl (C=O) groups is 1. The molecule has 1 unspecified atom stereocenters. The van der Waals surface area contributed by atoms with Crippen LogP contribution in [0.15, 0.2) is 24.3 Å². The number of fused-ring (bicyclic) bond motifs is 1. The monoisotopic (exact) mass is 277 g/mol. The molecular weight excluding hydrogens is 258 g/mol. The Morgan fingerprint density at radius 2 is 2.10 bits per heavy atom. The smallest absolute Gasteiger partial charge is 0.264 e. The van der Waals surface area contributed by atoms with Gasteiger partial charge in [0.2, 0.25) is 6.10 Å². The summed E-state index contributed by atoms with van der Waals surface area (Å²) >= 11 is 0. The molecule has 1 aliphatic carbocycles. The van der Waals surface area contributed by atoms with Crippen molar-refractivity contribution in [1.29, 1.82) is 0 Å². The van der Waals surface area contributed by atoms with Crippen LogP contribution in [0.3, 0.4) is 0 Å². The van der Waals surface area contributed by atoms with Crippen LogP contribution in [0.25, 0.3) is 0 Å². The summed E-state index contributed by atoms with van der Waals surface area (Å²) in [6.07, 6.45) is 2.28. The number of aliphatic hydroxyl groups excluding tert-OH is 1. The van der Waals surface area contributed by atoms with E-state index in [0.717, 1.165) is 19.3 Å². The molecule has 0 aromatic heterocycles. The number of hydrogen-bond donors (Lipinski definition) is 2. The zero-order chi connectivity index (χ0) is 14.0. The molecule has 0 bridgehead atoms. The lowest BCUT2D eigenvalue weighted by atomic mass is 10.0. The number of amides is 1. The van der Waals surface area contributed by atoms with Crippen LogP contribution in [0.4, 0.5) is 0 Å². The van der Waals surface area contributed by atoms with Gasteiger partial charge >= 0.3 is 0 Å². The van der Waals surface area contributed by atoms with Crippen molar-refractivity contribution >= 4 is 5.91 Å². The van der Waals surface area contributed by atoms with Crippen molar-refractivity contribution in [2.24, 2.45) is 5.41 Å². The molecule has 20 heavy (non-hydrogen) atoms. The Kier molecular flexibility index (Phi) is 3.53. The van der Waals surface area contributed by atoms with Crippen LogP contribution >= 0.6 is 0 Å². The molecule has 1 fully saturated rings. The molecule has 108 valence electrons. The molecular formula is C15H19NO4. The minimum Gasteiger partial charge on any atom is -0.485 e. The van der Waals surface area contributed by atoms with Crippen LogP contribution in [0.1, 0.15) is 19.3 Å². The molecule has 1 heterocycles. The van der Waals surface area contributed by atoms with Gasteiger partial charge in [0, 0.05) is 13.2 Å². The van der Waals surface area contributed by atoms with E-state index in [1.165, 1.54) is 0 Å². The summed E-state index contributed by atoms with van der Waals surface area (Å²) in [7, 11) is 0. The minimum absolute atomic E-state index is 0.109. The number of aliphatic hydroxyl groups is 1. The second-order valence-corrected chi connectivity index (χ2v) is 5.56. The maximum Gasteiger partial charge on any atom is 0.264 e. The first-order chi connectivity index (χ1) is 9.72. The largest absolute Gasteiger partial charge is 0.485 e. The summed E-state index contributed by atoms with van der Waals surface area (Å²) in [5.41, 5.74) is 0.109. The van der Waals surface area contributed by atoms with E-state index in [4.69, 9.17) is 14.6 Å². The summed E-state index contributed by atoms with van der Waals surface area (Å²) in [6.45, 7) is 1.01. The van der Waals surface area contributed by atoms with E-state index in [2.05, 4.69) is 5.32 Å². The lowest BCUT2D eigenvalue weighted by Crippen LogP contribution is -2.45. The maximum atomic E-state index is 12.1. The maximum absolute atomic E-state index is 12.1. The summed E-state index contributed by atoms with van der Waals surface area (Å²) in [4.78, 5) is 12.1. The molecule has 1 atom stereocenters. The van der Waals surface area contributed by atoms with Crippen LogP contribution in [-0.4, -0.2) is 36.9 Å². The molecule has 1 aliphatic heterocycles. The van der Waals surface area contributed by atoms with E-state index in [9.17, 15) is 4.79 Å². The molecule has 1 aromatic rings. The Labute approximate surface area is 117 Å². The molecule has 0 radical (unpaired) electrons. The number of hydrogen-bond acceptors (Lipinski definition) is 4. The molecule has 1 saturated carbocycles. The van der Waals surface area contributed by atoms with Crippen LogP contribution in [0.5, 0.6) is 11.5 Å². The van der Waals surface area contributed by atoms with Gasteiger partial charge < -0.3 is 19.9 Å². The van der Waals surface area contributed by atoms with Gasteiger partial charge in [0.1, 0.15) is 6.61 Å².